The van der Waals surface area contributed by atoms with Crippen LogP contribution in [-0.2, 0) is 11.3 Å². The molecule has 0 saturated carbocycles. The van der Waals surface area contributed by atoms with Gasteiger partial charge in [0.25, 0.3) is 0 Å². The molecule has 7 heteroatoms. The number of rotatable bonds is 5. The number of hydrogen-bond donors (Lipinski definition) is 0. The number of benzene rings is 1. The smallest absolute Gasteiger partial charge is 0.242 e. The van der Waals surface area contributed by atoms with E-state index in [0.717, 1.165) is 23.1 Å². The van der Waals surface area contributed by atoms with Gasteiger partial charge in [0.2, 0.25) is 11.8 Å². The molecule has 0 radical (unpaired) electrons. The normalized spacial score (nSPS) is 16.7. The van der Waals surface area contributed by atoms with E-state index in [-0.39, 0.29) is 12.0 Å². The van der Waals surface area contributed by atoms with Crippen molar-refractivity contribution in [1.29, 1.82) is 0 Å². The van der Waals surface area contributed by atoms with Crippen LogP contribution in [-0.4, -0.2) is 58.6 Å². The van der Waals surface area contributed by atoms with Crippen LogP contribution in [0.3, 0.4) is 0 Å². The highest BCUT2D eigenvalue weighted by Crippen LogP contribution is 2.20. The minimum atomic E-state index is -0.0536. The van der Waals surface area contributed by atoms with Gasteiger partial charge in [0.15, 0.2) is 5.82 Å². The van der Waals surface area contributed by atoms with E-state index in [2.05, 4.69) is 16.0 Å². The maximum absolute atomic E-state index is 12.7. The Hall–Kier alpha value is -3.09. The van der Waals surface area contributed by atoms with Gasteiger partial charge in [-0.25, -0.2) is 0 Å². The van der Waals surface area contributed by atoms with Gasteiger partial charge < -0.3 is 19.1 Å². The number of anilines is 1. The lowest BCUT2D eigenvalue weighted by atomic mass is 10.2. The summed E-state index contributed by atoms with van der Waals surface area (Å²) in [7, 11) is 3.82. The third-order valence-electron chi connectivity index (χ3n) is 4.83. The summed E-state index contributed by atoms with van der Waals surface area (Å²) >= 11 is 0. The molecule has 3 aromatic rings. The van der Waals surface area contributed by atoms with E-state index in [4.69, 9.17) is 4.74 Å². The molecule has 1 aliphatic heterocycles. The lowest BCUT2D eigenvalue weighted by molar-refractivity contribution is -0.131. The molecule has 27 heavy (non-hydrogen) atoms. The first-order valence-corrected chi connectivity index (χ1v) is 9.08. The number of amides is 1. The zero-order chi connectivity index (χ0) is 18.8. The van der Waals surface area contributed by atoms with Crippen LogP contribution >= 0.6 is 0 Å². The highest BCUT2D eigenvalue weighted by Gasteiger charge is 2.28. The molecule has 1 saturated heterocycles. The second kappa shape index (κ2) is 7.26. The molecule has 140 valence electrons. The summed E-state index contributed by atoms with van der Waals surface area (Å²) < 4.78 is 7.95. The fourth-order valence-electron chi connectivity index (χ4n) is 3.36. The molecule has 1 unspecified atom stereocenters. The van der Waals surface area contributed by atoms with Crippen molar-refractivity contribution in [3.63, 3.8) is 0 Å². The molecule has 7 nitrogen and oxygen atoms in total. The number of carbonyl (C=O) groups excluding carboxylic acids is 1. The molecule has 1 aliphatic rings. The standard InChI is InChI=1S/C20H23N5O2/c1-23(2)18-11-21-12-19(22-18)27-16-8-10-25(13-16)20(26)14-24-9-7-15-5-3-4-6-17(15)24/h3-7,9,11-12,16H,8,10,13-14H2,1-2H3. The molecule has 0 aliphatic carbocycles. The zero-order valence-corrected chi connectivity index (χ0v) is 15.6. The summed E-state index contributed by atoms with van der Waals surface area (Å²) in [5.41, 5.74) is 1.08. The predicted molar refractivity (Wildman–Crippen MR) is 104 cm³/mol. The lowest BCUT2D eigenvalue weighted by Crippen LogP contribution is -2.33. The minimum absolute atomic E-state index is 0.0536. The lowest BCUT2D eigenvalue weighted by Gasteiger charge is -2.18. The minimum Gasteiger partial charge on any atom is -0.471 e. The Morgan fingerprint density at radius 1 is 1.26 bits per heavy atom. The Morgan fingerprint density at radius 2 is 2.11 bits per heavy atom. The number of nitrogens with zero attached hydrogens (tertiary/aromatic N) is 5. The van der Waals surface area contributed by atoms with Crippen LogP contribution < -0.4 is 9.64 Å². The third-order valence-corrected chi connectivity index (χ3v) is 4.83. The van der Waals surface area contributed by atoms with Gasteiger partial charge in [0, 0.05) is 38.8 Å². The largest absolute Gasteiger partial charge is 0.471 e. The van der Waals surface area contributed by atoms with Crippen molar-refractivity contribution in [1.82, 2.24) is 19.4 Å². The van der Waals surface area contributed by atoms with Gasteiger partial charge in [0.1, 0.15) is 12.6 Å². The highest BCUT2D eigenvalue weighted by molar-refractivity contribution is 5.83. The van der Waals surface area contributed by atoms with Crippen LogP contribution in [0.15, 0.2) is 48.9 Å². The van der Waals surface area contributed by atoms with E-state index >= 15 is 0 Å². The molecular formula is C20H23N5O2. The van der Waals surface area contributed by atoms with Crippen LogP contribution in [0.1, 0.15) is 6.42 Å². The molecule has 0 spiro atoms. The molecule has 0 bridgehead atoms. The number of para-hydroxylation sites is 1. The first-order chi connectivity index (χ1) is 13.1. The number of carbonyl (C=O) groups is 1. The van der Waals surface area contributed by atoms with Crippen LogP contribution in [0.5, 0.6) is 5.88 Å². The summed E-state index contributed by atoms with van der Waals surface area (Å²) in [5, 5.41) is 1.15. The molecule has 1 fully saturated rings. The summed E-state index contributed by atoms with van der Waals surface area (Å²) in [5.74, 6) is 1.35. The first-order valence-electron chi connectivity index (χ1n) is 9.08. The average Bonchev–Trinajstić information content (AvgIpc) is 3.29. The van der Waals surface area contributed by atoms with Crippen LogP contribution in [0.25, 0.3) is 10.9 Å². The molecule has 1 atom stereocenters. The van der Waals surface area contributed by atoms with Gasteiger partial charge in [-0.05, 0) is 17.5 Å². The SMILES string of the molecule is CN(C)c1cncc(OC2CCN(C(=O)Cn3ccc4ccccc43)C2)n1. The molecule has 1 amide bonds. The van der Waals surface area contributed by atoms with Crippen molar-refractivity contribution in [3.8, 4) is 5.88 Å². The first kappa shape index (κ1) is 17.3. The monoisotopic (exact) mass is 365 g/mol. The van der Waals surface area contributed by atoms with Gasteiger partial charge in [-0.2, -0.15) is 4.98 Å². The van der Waals surface area contributed by atoms with Crippen molar-refractivity contribution in [2.24, 2.45) is 0 Å². The quantitative estimate of drug-likeness (QED) is 0.693. The van der Waals surface area contributed by atoms with Gasteiger partial charge >= 0.3 is 0 Å². The molecule has 4 rings (SSSR count). The van der Waals surface area contributed by atoms with Crippen molar-refractivity contribution >= 4 is 22.6 Å². The van der Waals surface area contributed by atoms with Crippen LogP contribution in [0, 0.1) is 0 Å². The summed E-state index contributed by atoms with van der Waals surface area (Å²) in [6.45, 7) is 1.62. The van der Waals surface area contributed by atoms with E-state index < -0.39 is 0 Å². The van der Waals surface area contributed by atoms with Gasteiger partial charge in [0.05, 0.1) is 18.9 Å². The van der Waals surface area contributed by atoms with E-state index in [9.17, 15) is 4.79 Å². The maximum Gasteiger partial charge on any atom is 0.242 e. The van der Waals surface area contributed by atoms with Crippen molar-refractivity contribution in [2.75, 3.05) is 32.1 Å². The Labute approximate surface area is 158 Å². The number of hydrogen-bond acceptors (Lipinski definition) is 5. The van der Waals surface area contributed by atoms with Gasteiger partial charge in [-0.1, -0.05) is 18.2 Å². The zero-order valence-electron chi connectivity index (χ0n) is 15.6. The summed E-state index contributed by atoms with van der Waals surface area (Å²) in [6, 6.07) is 10.1. The van der Waals surface area contributed by atoms with E-state index in [1.165, 1.54) is 0 Å². The molecular weight excluding hydrogens is 342 g/mol. The maximum atomic E-state index is 12.7. The Kier molecular flexibility index (Phi) is 4.66. The van der Waals surface area contributed by atoms with E-state index in [1.54, 1.807) is 12.4 Å². The molecule has 0 N–H and O–H groups in total. The topological polar surface area (TPSA) is 63.5 Å². The predicted octanol–water partition coefficient (Wildman–Crippen LogP) is 2.18. The van der Waals surface area contributed by atoms with Crippen molar-refractivity contribution in [2.45, 2.75) is 19.1 Å². The van der Waals surface area contributed by atoms with Crippen LogP contribution in [0.2, 0.25) is 0 Å². The molecule has 3 heterocycles. The fraction of sp³-hybridized carbons (Fsp3) is 0.350. The van der Waals surface area contributed by atoms with Crippen molar-refractivity contribution in [3.05, 3.63) is 48.9 Å². The summed E-state index contributed by atoms with van der Waals surface area (Å²) in [6.07, 6.45) is 6.02. The Morgan fingerprint density at radius 3 is 2.96 bits per heavy atom. The second-order valence-electron chi connectivity index (χ2n) is 6.98. The molecule has 2 aromatic heterocycles. The Balaban J connectivity index is 1.37. The third kappa shape index (κ3) is 3.72. The van der Waals surface area contributed by atoms with Gasteiger partial charge in [-0.15, -0.1) is 0 Å². The highest BCUT2D eigenvalue weighted by atomic mass is 16.5. The second-order valence-corrected chi connectivity index (χ2v) is 6.98. The number of likely N-dealkylation sites (tertiary alicyclic amines) is 1. The average molecular weight is 365 g/mol. The number of ether oxygens (including phenoxy) is 1. The van der Waals surface area contributed by atoms with E-state index in [1.807, 2.05) is 58.9 Å². The molecule has 1 aromatic carbocycles. The summed E-state index contributed by atoms with van der Waals surface area (Å²) in [4.78, 5) is 25.1. The number of fused-ring (bicyclic) bond motifs is 1. The Bertz CT molecular complexity index is 952. The number of aromatic nitrogens is 3. The fourth-order valence-corrected chi connectivity index (χ4v) is 3.36. The van der Waals surface area contributed by atoms with Gasteiger partial charge in [-0.3, -0.25) is 9.78 Å². The van der Waals surface area contributed by atoms with E-state index in [0.29, 0.717) is 25.5 Å². The van der Waals surface area contributed by atoms with Crippen molar-refractivity contribution < 1.29 is 9.53 Å². The van der Waals surface area contributed by atoms with Crippen LogP contribution in [0.4, 0.5) is 5.82 Å².